The minimum atomic E-state index is -0.277. The van der Waals surface area contributed by atoms with Crippen LogP contribution in [-0.4, -0.2) is 16.7 Å². The number of benzene rings is 2. The molecule has 0 N–H and O–H groups in total. The van der Waals surface area contributed by atoms with Crippen LogP contribution in [0, 0.1) is 6.92 Å². The average Bonchev–Trinajstić information content (AvgIpc) is 2.53. The van der Waals surface area contributed by atoms with Gasteiger partial charge in [-0.25, -0.2) is 0 Å². The van der Waals surface area contributed by atoms with Crippen molar-refractivity contribution in [1.29, 1.82) is 0 Å². The van der Waals surface area contributed by atoms with Crippen LogP contribution in [0.1, 0.15) is 36.6 Å². The van der Waals surface area contributed by atoms with Gasteiger partial charge in [-0.05, 0) is 18.7 Å². The zero-order valence-corrected chi connectivity index (χ0v) is 12.6. The Morgan fingerprint density at radius 3 is 2.23 bits per heavy atom. The summed E-state index contributed by atoms with van der Waals surface area (Å²) in [5, 5.41) is -0.244. The van der Waals surface area contributed by atoms with Crippen LogP contribution >= 0.6 is 11.8 Å². The van der Waals surface area contributed by atoms with Gasteiger partial charge in [0.15, 0.2) is 5.78 Å². The van der Waals surface area contributed by atoms with Crippen LogP contribution in [0.15, 0.2) is 59.5 Å². The number of ketones is 2. The van der Waals surface area contributed by atoms with Crippen LogP contribution in [0.4, 0.5) is 0 Å². The fourth-order valence-corrected chi connectivity index (χ4v) is 3.04. The number of hydrogen-bond acceptors (Lipinski definition) is 4. The van der Waals surface area contributed by atoms with Crippen molar-refractivity contribution in [1.82, 2.24) is 0 Å². The van der Waals surface area contributed by atoms with Gasteiger partial charge in [-0.2, -0.15) is 0 Å². The SMILES string of the molecule is Cc1ccc(C(=O)SC2=CC(=O)c3ccccc3C2=O)cc1. The van der Waals surface area contributed by atoms with Gasteiger partial charge in [0.1, 0.15) is 0 Å². The van der Waals surface area contributed by atoms with E-state index in [-0.39, 0.29) is 21.6 Å². The van der Waals surface area contributed by atoms with Crippen molar-refractivity contribution in [2.24, 2.45) is 0 Å². The molecule has 3 nitrogen and oxygen atoms in total. The molecule has 1 aliphatic rings. The van der Waals surface area contributed by atoms with Gasteiger partial charge >= 0.3 is 0 Å². The van der Waals surface area contributed by atoms with E-state index in [1.807, 2.05) is 19.1 Å². The highest BCUT2D eigenvalue weighted by Crippen LogP contribution is 2.30. The van der Waals surface area contributed by atoms with E-state index in [0.717, 1.165) is 17.3 Å². The van der Waals surface area contributed by atoms with Gasteiger partial charge < -0.3 is 0 Å². The average molecular weight is 308 g/mol. The first kappa shape index (κ1) is 14.5. The lowest BCUT2D eigenvalue weighted by Gasteiger charge is -2.13. The Balaban J connectivity index is 1.87. The summed E-state index contributed by atoms with van der Waals surface area (Å²) in [6, 6.07) is 13.8. The van der Waals surface area contributed by atoms with Crippen LogP contribution in [0.5, 0.6) is 0 Å². The molecule has 2 aromatic rings. The van der Waals surface area contributed by atoms with E-state index in [2.05, 4.69) is 0 Å². The molecule has 1 aliphatic carbocycles. The van der Waals surface area contributed by atoms with E-state index in [0.29, 0.717) is 16.7 Å². The summed E-state index contributed by atoms with van der Waals surface area (Å²) in [4.78, 5) is 36.9. The second-order valence-electron chi connectivity index (χ2n) is 5.00. The maximum absolute atomic E-state index is 12.4. The lowest BCUT2D eigenvalue weighted by Crippen LogP contribution is -2.16. The standard InChI is InChI=1S/C18H12O3S/c1-11-6-8-12(9-7-11)18(21)22-16-10-15(19)13-4-2-3-5-14(13)17(16)20/h2-10H,1H3. The summed E-state index contributed by atoms with van der Waals surface area (Å²) in [5.41, 5.74) is 2.31. The smallest absolute Gasteiger partial charge is 0.224 e. The second kappa shape index (κ2) is 5.73. The predicted octanol–water partition coefficient (Wildman–Crippen LogP) is 3.83. The molecule has 0 saturated heterocycles. The van der Waals surface area contributed by atoms with Crippen LogP contribution in [0.2, 0.25) is 0 Å². The highest BCUT2D eigenvalue weighted by molar-refractivity contribution is 8.18. The van der Waals surface area contributed by atoms with E-state index in [4.69, 9.17) is 0 Å². The number of thioether (sulfide) groups is 1. The van der Waals surface area contributed by atoms with Crippen molar-refractivity contribution in [3.05, 3.63) is 81.8 Å². The normalized spacial score (nSPS) is 13.6. The molecule has 0 unspecified atom stereocenters. The summed E-state index contributed by atoms with van der Waals surface area (Å²) in [6.07, 6.45) is 1.25. The molecule has 0 radical (unpaired) electrons. The van der Waals surface area contributed by atoms with E-state index in [1.54, 1.807) is 36.4 Å². The highest BCUT2D eigenvalue weighted by atomic mass is 32.2. The number of rotatable bonds is 2. The number of allylic oxidation sites excluding steroid dienone is 2. The Labute approximate surface area is 132 Å². The third-order valence-corrected chi connectivity index (χ3v) is 4.36. The van der Waals surface area contributed by atoms with Gasteiger partial charge in [0.25, 0.3) is 0 Å². The predicted molar refractivity (Wildman–Crippen MR) is 86.3 cm³/mol. The monoisotopic (exact) mass is 308 g/mol. The summed E-state index contributed by atoms with van der Waals surface area (Å²) in [5.74, 6) is -0.518. The second-order valence-corrected chi connectivity index (χ2v) is 6.02. The minimum Gasteiger partial charge on any atom is -0.289 e. The molecule has 3 rings (SSSR count). The Bertz CT molecular complexity index is 816. The minimum absolute atomic E-state index is 0.175. The first-order chi connectivity index (χ1) is 10.6. The molecule has 2 aromatic carbocycles. The van der Waals surface area contributed by atoms with Crippen LogP contribution in [0.3, 0.4) is 0 Å². The summed E-state index contributed by atoms with van der Waals surface area (Å²) < 4.78 is 0. The van der Waals surface area contributed by atoms with Gasteiger partial charge in [-0.3, -0.25) is 14.4 Å². The molecule has 0 aromatic heterocycles. The molecule has 0 fully saturated rings. The maximum atomic E-state index is 12.4. The van der Waals surface area contributed by atoms with Crippen LogP contribution in [0.25, 0.3) is 0 Å². The molecule has 0 saturated carbocycles. The van der Waals surface area contributed by atoms with Gasteiger partial charge in [-0.15, -0.1) is 0 Å². The maximum Gasteiger partial charge on any atom is 0.224 e. The fourth-order valence-electron chi connectivity index (χ4n) is 2.22. The number of carbonyl (C=O) groups excluding carboxylic acids is 3. The van der Waals surface area contributed by atoms with Crippen LogP contribution < -0.4 is 0 Å². The molecule has 0 atom stereocenters. The fraction of sp³-hybridized carbons (Fsp3) is 0.0556. The van der Waals surface area contributed by atoms with Crippen molar-refractivity contribution < 1.29 is 14.4 Å². The molecular weight excluding hydrogens is 296 g/mol. The number of Topliss-reactive ketones (excluding diaryl/α,β-unsaturated/α-hetero) is 1. The highest BCUT2D eigenvalue weighted by Gasteiger charge is 2.27. The topological polar surface area (TPSA) is 51.2 Å². The number of carbonyl (C=O) groups is 3. The zero-order chi connectivity index (χ0) is 15.7. The number of fused-ring (bicyclic) bond motifs is 1. The Kier molecular flexibility index (Phi) is 3.77. The van der Waals surface area contributed by atoms with Gasteiger partial charge in [0.2, 0.25) is 10.9 Å². The molecular formula is C18H12O3S. The van der Waals surface area contributed by atoms with Crippen molar-refractivity contribution in [3.63, 3.8) is 0 Å². The Morgan fingerprint density at radius 2 is 1.55 bits per heavy atom. The van der Waals surface area contributed by atoms with Crippen molar-refractivity contribution >= 4 is 28.4 Å². The lowest BCUT2D eigenvalue weighted by molar-refractivity contribution is 0.0990. The van der Waals surface area contributed by atoms with E-state index in [9.17, 15) is 14.4 Å². The lowest BCUT2D eigenvalue weighted by atomic mass is 9.95. The van der Waals surface area contributed by atoms with E-state index < -0.39 is 0 Å². The molecule has 0 heterocycles. The summed E-state index contributed by atoms with van der Waals surface area (Å²) in [7, 11) is 0. The third kappa shape index (κ3) is 2.65. The van der Waals surface area contributed by atoms with Crippen molar-refractivity contribution in [3.8, 4) is 0 Å². The third-order valence-electron chi connectivity index (χ3n) is 3.41. The first-order valence-corrected chi connectivity index (χ1v) is 7.56. The number of aryl methyl sites for hydroxylation is 1. The van der Waals surface area contributed by atoms with Gasteiger partial charge in [0.05, 0.1) is 4.91 Å². The van der Waals surface area contributed by atoms with Gasteiger partial charge in [-0.1, -0.05) is 54.1 Å². The van der Waals surface area contributed by atoms with E-state index in [1.165, 1.54) is 6.08 Å². The summed E-state index contributed by atoms with van der Waals surface area (Å²) >= 11 is 0.807. The zero-order valence-electron chi connectivity index (χ0n) is 11.8. The molecule has 0 aliphatic heterocycles. The molecule has 0 bridgehead atoms. The van der Waals surface area contributed by atoms with Crippen molar-refractivity contribution in [2.75, 3.05) is 0 Å². The molecule has 0 spiro atoms. The quantitative estimate of drug-likeness (QED) is 0.846. The summed E-state index contributed by atoms with van der Waals surface area (Å²) in [6.45, 7) is 1.93. The van der Waals surface area contributed by atoms with Crippen molar-refractivity contribution in [2.45, 2.75) is 6.92 Å². The number of hydrogen-bond donors (Lipinski definition) is 0. The molecule has 108 valence electrons. The molecule has 4 heteroatoms. The first-order valence-electron chi connectivity index (χ1n) is 6.75. The molecule has 22 heavy (non-hydrogen) atoms. The van der Waals surface area contributed by atoms with Crippen LogP contribution in [-0.2, 0) is 0 Å². The van der Waals surface area contributed by atoms with E-state index >= 15 is 0 Å². The van der Waals surface area contributed by atoms with Gasteiger partial charge in [0, 0.05) is 22.8 Å². The Hall–Kier alpha value is -2.46. The molecule has 0 amide bonds. The Morgan fingerprint density at radius 1 is 0.909 bits per heavy atom. The largest absolute Gasteiger partial charge is 0.289 e.